The van der Waals surface area contributed by atoms with Gasteiger partial charge in [-0.15, -0.1) is 0 Å². The molecule has 0 spiro atoms. The Labute approximate surface area is 185 Å². The van der Waals surface area contributed by atoms with Crippen molar-refractivity contribution >= 4 is 10.8 Å². The van der Waals surface area contributed by atoms with Crippen molar-refractivity contribution in [1.82, 2.24) is 30.6 Å². The topological polar surface area (TPSA) is 77.3 Å². The first kappa shape index (κ1) is 21.7. The summed E-state index contributed by atoms with van der Waals surface area (Å²) in [7, 11) is 0. The van der Waals surface area contributed by atoms with Crippen LogP contribution in [0.5, 0.6) is 0 Å². The normalized spacial score (nSPS) is 15.6. The molecule has 4 rings (SSSR count). The highest BCUT2D eigenvalue weighted by Crippen LogP contribution is 2.36. The van der Waals surface area contributed by atoms with E-state index in [4.69, 9.17) is 5.10 Å². The molecule has 6 nitrogen and oxygen atoms in total. The lowest BCUT2D eigenvalue weighted by Gasteiger charge is -2.20. The average Bonchev–Trinajstić information content (AvgIpc) is 3.25. The number of nitrogens with zero attached hydrogens (tertiary/aromatic N) is 6. The molecule has 0 saturated heterocycles. The Bertz CT molecular complexity index is 1080. The van der Waals surface area contributed by atoms with Crippen molar-refractivity contribution in [2.45, 2.75) is 97.3 Å². The third-order valence-electron chi connectivity index (χ3n) is 6.71. The molecule has 0 fully saturated rings. The van der Waals surface area contributed by atoms with Crippen LogP contribution < -0.4 is 0 Å². The average molecular weight is 419 g/mol. The fourth-order valence-electron chi connectivity index (χ4n) is 4.91. The Morgan fingerprint density at radius 2 is 1.06 bits per heavy atom. The Hall–Kier alpha value is -2.50. The van der Waals surface area contributed by atoms with Crippen molar-refractivity contribution < 1.29 is 0 Å². The zero-order valence-electron chi connectivity index (χ0n) is 19.7. The molecule has 3 aromatic heterocycles. The van der Waals surface area contributed by atoms with Gasteiger partial charge in [-0.3, -0.25) is 0 Å². The van der Waals surface area contributed by atoms with Gasteiger partial charge < -0.3 is 0 Å². The quantitative estimate of drug-likeness (QED) is 0.495. The second-order valence-corrected chi connectivity index (χ2v) is 9.76. The summed E-state index contributed by atoms with van der Waals surface area (Å²) < 4.78 is 0. The van der Waals surface area contributed by atoms with E-state index in [2.05, 4.69) is 67.0 Å². The maximum atomic E-state index is 4.71. The van der Waals surface area contributed by atoms with Crippen molar-refractivity contribution in [2.75, 3.05) is 0 Å². The molecule has 2 unspecified atom stereocenters. The predicted molar refractivity (Wildman–Crippen MR) is 123 cm³/mol. The maximum Gasteiger partial charge on any atom is 0.0754 e. The summed E-state index contributed by atoms with van der Waals surface area (Å²) in [6.07, 6.45) is 9.27. The van der Waals surface area contributed by atoms with Crippen LogP contribution in [-0.2, 0) is 12.8 Å². The molecule has 0 saturated carbocycles. The second kappa shape index (κ2) is 8.93. The van der Waals surface area contributed by atoms with Crippen LogP contribution >= 0.6 is 0 Å². The molecule has 1 aliphatic rings. The molecule has 0 aromatic carbocycles. The van der Waals surface area contributed by atoms with Crippen molar-refractivity contribution in [1.29, 1.82) is 0 Å². The first-order chi connectivity index (χ1) is 14.9. The van der Waals surface area contributed by atoms with E-state index in [1.54, 1.807) is 0 Å². The van der Waals surface area contributed by atoms with Gasteiger partial charge >= 0.3 is 0 Å². The van der Waals surface area contributed by atoms with Gasteiger partial charge in [0, 0.05) is 22.6 Å². The van der Waals surface area contributed by atoms with Gasteiger partial charge in [-0.25, -0.2) is 0 Å². The summed E-state index contributed by atoms with van der Waals surface area (Å²) in [5.74, 6) is 1.42. The van der Waals surface area contributed by atoms with Gasteiger partial charge in [0.15, 0.2) is 0 Å². The van der Waals surface area contributed by atoms with E-state index in [0.29, 0.717) is 23.7 Å². The minimum atomic E-state index is 0.291. The van der Waals surface area contributed by atoms with Gasteiger partial charge in [-0.05, 0) is 55.1 Å². The van der Waals surface area contributed by atoms with Crippen LogP contribution in [0.1, 0.15) is 118 Å². The van der Waals surface area contributed by atoms with Crippen LogP contribution in [0.15, 0.2) is 12.4 Å². The molecule has 3 heterocycles. The summed E-state index contributed by atoms with van der Waals surface area (Å²) in [5, 5.41) is 28.9. The van der Waals surface area contributed by atoms with Crippen molar-refractivity contribution in [3.05, 3.63) is 46.3 Å². The van der Waals surface area contributed by atoms with Gasteiger partial charge in [-0.2, -0.15) is 30.6 Å². The van der Waals surface area contributed by atoms with Crippen LogP contribution in [0, 0.1) is 0 Å². The van der Waals surface area contributed by atoms with Gasteiger partial charge in [0.05, 0.1) is 35.2 Å². The molecule has 3 aromatic rings. The molecule has 0 bridgehead atoms. The minimum Gasteiger partial charge on any atom is -0.158 e. The number of fused-ring (bicyclic) bond motifs is 2. The lowest BCUT2D eigenvalue weighted by Crippen LogP contribution is -2.11. The van der Waals surface area contributed by atoms with E-state index in [1.807, 2.05) is 12.4 Å². The van der Waals surface area contributed by atoms with Crippen molar-refractivity contribution in [3.63, 3.8) is 0 Å². The van der Waals surface area contributed by atoms with Crippen LogP contribution in [-0.4, -0.2) is 30.6 Å². The zero-order chi connectivity index (χ0) is 22.1. The second-order valence-electron chi connectivity index (χ2n) is 9.76. The Balaban J connectivity index is 1.54. The molecule has 0 N–H and O–H groups in total. The molecule has 0 amide bonds. The molecule has 164 valence electrons. The summed E-state index contributed by atoms with van der Waals surface area (Å²) in [6, 6.07) is 0. The van der Waals surface area contributed by atoms with Crippen molar-refractivity contribution in [3.8, 4) is 0 Å². The molecule has 0 aliphatic heterocycles. The van der Waals surface area contributed by atoms with E-state index in [9.17, 15) is 0 Å². The summed E-state index contributed by atoms with van der Waals surface area (Å²) in [4.78, 5) is 0. The maximum absolute atomic E-state index is 4.71. The zero-order valence-corrected chi connectivity index (χ0v) is 19.7. The van der Waals surface area contributed by atoms with Crippen LogP contribution in [0.25, 0.3) is 10.8 Å². The lowest BCUT2D eigenvalue weighted by molar-refractivity contribution is 0.546. The lowest BCUT2D eigenvalue weighted by atomic mass is 9.89. The molecule has 0 radical (unpaired) electrons. The van der Waals surface area contributed by atoms with Gasteiger partial charge in [0.1, 0.15) is 0 Å². The summed E-state index contributed by atoms with van der Waals surface area (Å²) >= 11 is 0. The third-order valence-corrected chi connectivity index (χ3v) is 6.71. The van der Waals surface area contributed by atoms with E-state index in [-0.39, 0.29) is 0 Å². The monoisotopic (exact) mass is 418 g/mol. The van der Waals surface area contributed by atoms with Crippen LogP contribution in [0.3, 0.4) is 0 Å². The molecular formula is C25H34N6. The fourth-order valence-corrected chi connectivity index (χ4v) is 4.91. The van der Waals surface area contributed by atoms with Crippen LogP contribution in [0.2, 0.25) is 0 Å². The van der Waals surface area contributed by atoms with Crippen molar-refractivity contribution in [2.24, 2.45) is 0 Å². The summed E-state index contributed by atoms with van der Waals surface area (Å²) in [6.45, 7) is 13.2. The van der Waals surface area contributed by atoms with E-state index >= 15 is 0 Å². The smallest absolute Gasteiger partial charge is 0.0754 e. The van der Waals surface area contributed by atoms with Gasteiger partial charge in [0.2, 0.25) is 0 Å². The molecule has 2 atom stereocenters. The molecule has 1 aliphatic carbocycles. The number of hydrogen-bond donors (Lipinski definition) is 0. The summed E-state index contributed by atoms with van der Waals surface area (Å²) in [5.41, 5.74) is 7.37. The third kappa shape index (κ3) is 4.17. The largest absolute Gasteiger partial charge is 0.158 e. The highest BCUT2D eigenvalue weighted by atomic mass is 15.1. The van der Waals surface area contributed by atoms with Crippen LogP contribution in [0.4, 0.5) is 0 Å². The first-order valence-electron chi connectivity index (χ1n) is 11.7. The standard InChI is InChI=1S/C25H34N6/c1-14(2)22-18-8-7-9-19(18)24(30-28-22)16(5)10-11-17(6)25-21-13-27-26-12-20(21)23(15(3)4)29-31-25/h12-17H,7-11H2,1-6H3. The van der Waals surface area contributed by atoms with E-state index < -0.39 is 0 Å². The fraction of sp³-hybridized carbons (Fsp3) is 0.600. The number of hydrogen-bond acceptors (Lipinski definition) is 6. The van der Waals surface area contributed by atoms with E-state index in [1.165, 1.54) is 28.9 Å². The Morgan fingerprint density at radius 3 is 1.68 bits per heavy atom. The van der Waals surface area contributed by atoms with E-state index in [0.717, 1.165) is 47.8 Å². The molecular weight excluding hydrogens is 384 g/mol. The Morgan fingerprint density at radius 1 is 0.613 bits per heavy atom. The SMILES string of the molecule is CC(C)c1nnc(C(C)CCC(C)c2nnc(C(C)C)c3cnncc23)c2c1CCC2. The molecule has 31 heavy (non-hydrogen) atoms. The van der Waals surface area contributed by atoms with Gasteiger partial charge in [0.25, 0.3) is 0 Å². The number of rotatable bonds is 7. The Kier molecular flexibility index (Phi) is 6.26. The first-order valence-corrected chi connectivity index (χ1v) is 11.7. The highest BCUT2D eigenvalue weighted by Gasteiger charge is 2.25. The predicted octanol–water partition coefficient (Wildman–Crippen LogP) is 5.63. The van der Waals surface area contributed by atoms with Gasteiger partial charge in [-0.1, -0.05) is 41.5 Å². The molecule has 6 heteroatoms. The highest BCUT2D eigenvalue weighted by molar-refractivity contribution is 5.85. The minimum absolute atomic E-state index is 0.291. The number of aromatic nitrogens is 6.